The van der Waals surface area contributed by atoms with Crippen molar-refractivity contribution in [1.82, 2.24) is 15.1 Å². The van der Waals surface area contributed by atoms with Gasteiger partial charge in [0, 0.05) is 11.1 Å². The number of carbonyl (C=O) groups excluding carboxylic acids is 1. The summed E-state index contributed by atoms with van der Waals surface area (Å²) in [4.78, 5) is 24.6. The van der Waals surface area contributed by atoms with E-state index in [-0.39, 0.29) is 23.9 Å². The average Bonchev–Trinajstić information content (AvgIpc) is 3.21. The van der Waals surface area contributed by atoms with Gasteiger partial charge < -0.3 is 20.3 Å². The number of aliphatic hydroxyl groups is 1. The van der Waals surface area contributed by atoms with Gasteiger partial charge in [-0.15, -0.1) is 0 Å². The number of rotatable bonds is 9. The first kappa shape index (κ1) is 27.2. The molecule has 1 heterocycles. The van der Waals surface area contributed by atoms with E-state index in [4.69, 9.17) is 16.3 Å². The third-order valence-electron chi connectivity index (χ3n) is 6.04. The van der Waals surface area contributed by atoms with E-state index in [0.29, 0.717) is 10.6 Å². The predicted molar refractivity (Wildman–Crippen MR) is 133 cm³/mol. The van der Waals surface area contributed by atoms with Crippen molar-refractivity contribution >= 4 is 23.5 Å². The van der Waals surface area contributed by atoms with Gasteiger partial charge in [-0.05, 0) is 42.2 Å². The summed E-state index contributed by atoms with van der Waals surface area (Å²) in [6.07, 6.45) is -0.391. The Labute approximate surface area is 213 Å². The second-order valence-electron chi connectivity index (χ2n) is 9.72. The Morgan fingerprint density at radius 3 is 2.44 bits per heavy atom. The molecule has 0 radical (unpaired) electrons. The fraction of sp³-hybridized carbons (Fsp3) is 0.346. The number of amides is 1. The summed E-state index contributed by atoms with van der Waals surface area (Å²) in [6.45, 7) is 7.01. The largest absolute Gasteiger partial charge is 0.481 e. The molecule has 3 aromatic rings. The van der Waals surface area contributed by atoms with Gasteiger partial charge in [-0.25, -0.2) is 4.39 Å². The number of nitrogens with one attached hydrogen (secondary N) is 1. The van der Waals surface area contributed by atoms with Crippen LogP contribution in [-0.2, 0) is 4.79 Å². The highest BCUT2D eigenvalue weighted by Gasteiger charge is 2.36. The van der Waals surface area contributed by atoms with Gasteiger partial charge >= 0.3 is 5.97 Å². The molecule has 0 saturated heterocycles. The monoisotopic (exact) mass is 517 g/mol. The lowest BCUT2D eigenvalue weighted by Gasteiger charge is -2.36. The molecule has 0 unspecified atom stereocenters. The van der Waals surface area contributed by atoms with Crippen molar-refractivity contribution in [3.63, 3.8) is 0 Å². The van der Waals surface area contributed by atoms with Crippen LogP contribution >= 0.6 is 11.6 Å². The van der Waals surface area contributed by atoms with Gasteiger partial charge in [0.15, 0.2) is 5.69 Å². The van der Waals surface area contributed by atoms with Crippen molar-refractivity contribution in [2.24, 2.45) is 5.41 Å². The van der Waals surface area contributed by atoms with Crippen molar-refractivity contribution in [3.05, 3.63) is 76.7 Å². The highest BCUT2D eigenvalue weighted by atomic mass is 35.5. The molecule has 0 fully saturated rings. The number of ether oxygens (including phenoxy) is 1. The van der Waals surface area contributed by atoms with Crippen LogP contribution in [0.25, 0.3) is 5.69 Å². The lowest BCUT2D eigenvalue weighted by molar-refractivity contribution is -0.137. The Kier molecular flexibility index (Phi) is 8.05. The van der Waals surface area contributed by atoms with E-state index in [2.05, 4.69) is 10.4 Å². The molecule has 0 aliphatic carbocycles. The average molecular weight is 518 g/mol. The number of benzene rings is 2. The van der Waals surface area contributed by atoms with Crippen LogP contribution in [0.5, 0.6) is 5.88 Å². The first-order chi connectivity index (χ1) is 16.8. The minimum Gasteiger partial charge on any atom is -0.481 e. The Balaban J connectivity index is 1.96. The Morgan fingerprint density at radius 2 is 1.83 bits per heavy atom. The van der Waals surface area contributed by atoms with Crippen LogP contribution in [-0.4, -0.2) is 44.1 Å². The predicted octanol–water partition coefficient (Wildman–Crippen LogP) is 4.79. The third kappa shape index (κ3) is 6.41. The second kappa shape index (κ2) is 10.7. The summed E-state index contributed by atoms with van der Waals surface area (Å²) in [5, 5.41) is 27.5. The Bertz CT molecular complexity index is 1250. The summed E-state index contributed by atoms with van der Waals surface area (Å²) in [5.41, 5.74) is -1.36. The van der Waals surface area contributed by atoms with Crippen LogP contribution in [0.15, 0.2) is 54.6 Å². The van der Waals surface area contributed by atoms with Gasteiger partial charge in [0.2, 0.25) is 5.88 Å². The van der Waals surface area contributed by atoms with Gasteiger partial charge in [-0.2, -0.15) is 9.78 Å². The second-order valence-corrected chi connectivity index (χ2v) is 10.2. The molecule has 0 aliphatic heterocycles. The number of aliphatic carboxylic acids is 1. The van der Waals surface area contributed by atoms with Gasteiger partial charge in [0.25, 0.3) is 5.91 Å². The van der Waals surface area contributed by atoms with Crippen LogP contribution in [0.3, 0.4) is 0 Å². The minimum absolute atomic E-state index is 0.0346. The first-order valence-electron chi connectivity index (χ1n) is 11.3. The molecular weight excluding hydrogens is 489 g/mol. The molecule has 2 aromatic carbocycles. The number of nitrogens with zero attached hydrogens (tertiary/aromatic N) is 2. The summed E-state index contributed by atoms with van der Waals surface area (Å²) in [7, 11) is 0. The first-order valence-corrected chi connectivity index (χ1v) is 11.6. The van der Waals surface area contributed by atoms with Gasteiger partial charge in [-0.3, -0.25) is 9.59 Å². The van der Waals surface area contributed by atoms with Crippen LogP contribution < -0.4 is 10.1 Å². The molecule has 8 nitrogen and oxygen atoms in total. The maximum absolute atomic E-state index is 14.6. The normalized spacial score (nSPS) is 14.1. The van der Waals surface area contributed by atoms with E-state index in [1.54, 1.807) is 37.3 Å². The van der Waals surface area contributed by atoms with Gasteiger partial charge in [0.1, 0.15) is 23.7 Å². The van der Waals surface area contributed by atoms with Crippen LogP contribution in [0.1, 0.15) is 56.2 Å². The number of halogens is 2. The van der Waals surface area contributed by atoms with Gasteiger partial charge in [-0.1, -0.05) is 56.6 Å². The highest BCUT2D eigenvalue weighted by molar-refractivity contribution is 6.30. The molecule has 0 saturated carbocycles. The Morgan fingerprint density at radius 1 is 1.14 bits per heavy atom. The standard InChI is InChI=1S/C26H29ClFN3O5/c1-25(2,3)26(4,35)15-36-22-13-20(30-31(22)21-11-6-5-10-18(21)28)24(34)29-19(14-23(32)33)16-8-7-9-17(27)12-16/h5-13,19,35H,14-15H2,1-4H3,(H,29,34)(H,32,33)/t19-,26+/m0/s1. The molecule has 1 amide bonds. The lowest BCUT2D eigenvalue weighted by Crippen LogP contribution is -2.45. The molecular formula is C26H29ClFN3O5. The van der Waals surface area contributed by atoms with E-state index in [1.165, 1.54) is 24.3 Å². The fourth-order valence-corrected chi connectivity index (χ4v) is 3.39. The van der Waals surface area contributed by atoms with Crippen molar-refractivity contribution in [3.8, 4) is 11.6 Å². The SMILES string of the molecule is CC(C)(C)[C@](C)(O)COc1cc(C(=O)N[C@@H](CC(=O)O)c2cccc(Cl)c2)nn1-c1ccccc1F. The number of para-hydroxylation sites is 1. The van der Waals surface area contributed by atoms with Crippen molar-refractivity contribution in [2.45, 2.75) is 45.8 Å². The van der Waals surface area contributed by atoms with E-state index in [1.807, 2.05) is 20.8 Å². The number of carboxylic acid groups (broad SMARTS) is 1. The topological polar surface area (TPSA) is 114 Å². The number of hydrogen-bond acceptors (Lipinski definition) is 5. The maximum Gasteiger partial charge on any atom is 0.305 e. The molecule has 2 atom stereocenters. The quantitative estimate of drug-likeness (QED) is 0.376. The molecule has 36 heavy (non-hydrogen) atoms. The van der Waals surface area contributed by atoms with E-state index in [0.717, 1.165) is 4.68 Å². The molecule has 0 bridgehead atoms. The van der Waals surface area contributed by atoms with Crippen LogP contribution in [0.4, 0.5) is 4.39 Å². The van der Waals surface area contributed by atoms with Crippen LogP contribution in [0.2, 0.25) is 5.02 Å². The summed E-state index contributed by atoms with van der Waals surface area (Å²) < 4.78 is 21.6. The minimum atomic E-state index is -1.25. The molecule has 3 rings (SSSR count). The van der Waals surface area contributed by atoms with Gasteiger partial charge in [0.05, 0.1) is 12.5 Å². The third-order valence-corrected chi connectivity index (χ3v) is 6.28. The number of hydrogen-bond donors (Lipinski definition) is 3. The van der Waals surface area contributed by atoms with Crippen molar-refractivity contribution in [2.75, 3.05) is 6.61 Å². The maximum atomic E-state index is 14.6. The van der Waals surface area contributed by atoms with Crippen molar-refractivity contribution in [1.29, 1.82) is 0 Å². The molecule has 192 valence electrons. The zero-order valence-electron chi connectivity index (χ0n) is 20.5. The molecule has 0 spiro atoms. The Hall–Kier alpha value is -3.43. The highest BCUT2D eigenvalue weighted by Crippen LogP contribution is 2.31. The van der Waals surface area contributed by atoms with E-state index in [9.17, 15) is 24.2 Å². The fourth-order valence-electron chi connectivity index (χ4n) is 3.19. The number of aromatic nitrogens is 2. The molecule has 0 aliphatic rings. The smallest absolute Gasteiger partial charge is 0.305 e. The zero-order valence-corrected chi connectivity index (χ0v) is 21.2. The summed E-state index contributed by atoms with van der Waals surface area (Å²) in [6, 6.07) is 12.8. The molecule has 1 aromatic heterocycles. The summed E-state index contributed by atoms with van der Waals surface area (Å²) >= 11 is 6.04. The number of carbonyl (C=O) groups is 2. The molecule has 10 heteroatoms. The van der Waals surface area contributed by atoms with E-state index >= 15 is 0 Å². The van der Waals surface area contributed by atoms with Crippen molar-refractivity contribution < 1.29 is 28.9 Å². The zero-order chi connectivity index (χ0) is 26.7. The van der Waals surface area contributed by atoms with Crippen LogP contribution in [0, 0.1) is 11.2 Å². The summed E-state index contributed by atoms with van der Waals surface area (Å²) in [5.74, 6) is -2.37. The lowest BCUT2D eigenvalue weighted by atomic mass is 9.78. The molecule has 3 N–H and O–H groups in total. The number of carboxylic acids is 1. The van der Waals surface area contributed by atoms with E-state index < -0.39 is 41.2 Å².